The third-order valence-electron chi connectivity index (χ3n) is 3.63. The smallest absolute Gasteiger partial charge is 0.228 e. The molecule has 1 aliphatic rings. The lowest BCUT2D eigenvalue weighted by molar-refractivity contribution is -0.120. The van der Waals surface area contributed by atoms with Crippen LogP contribution in [0.2, 0.25) is 5.02 Å². The van der Waals surface area contributed by atoms with E-state index in [-0.39, 0.29) is 11.8 Å². The maximum absolute atomic E-state index is 12.2. The van der Waals surface area contributed by atoms with E-state index in [0.29, 0.717) is 10.7 Å². The lowest BCUT2D eigenvalue weighted by atomic mass is 9.99. The van der Waals surface area contributed by atoms with Crippen LogP contribution in [0.25, 0.3) is 5.69 Å². The Balaban J connectivity index is 1.72. The summed E-state index contributed by atoms with van der Waals surface area (Å²) in [6.07, 6.45) is 5.49. The first-order valence-electron chi connectivity index (χ1n) is 7.05. The van der Waals surface area contributed by atoms with E-state index in [1.54, 1.807) is 16.9 Å². The van der Waals surface area contributed by atoms with Crippen LogP contribution >= 0.6 is 11.6 Å². The van der Waals surface area contributed by atoms with Gasteiger partial charge in [-0.2, -0.15) is 5.10 Å². The van der Waals surface area contributed by atoms with Crippen LogP contribution in [0, 0.1) is 5.92 Å². The zero-order valence-corrected chi connectivity index (χ0v) is 12.3. The molecule has 0 spiro atoms. The average Bonchev–Trinajstić information content (AvgIpc) is 3.02. The minimum absolute atomic E-state index is 0.0308. The van der Waals surface area contributed by atoms with Crippen molar-refractivity contribution < 1.29 is 4.79 Å². The number of piperidine rings is 1. The zero-order valence-electron chi connectivity index (χ0n) is 11.6. The van der Waals surface area contributed by atoms with Crippen molar-refractivity contribution in [2.75, 3.05) is 18.4 Å². The molecule has 2 heterocycles. The zero-order chi connectivity index (χ0) is 14.7. The van der Waals surface area contributed by atoms with Crippen molar-refractivity contribution in [3.63, 3.8) is 0 Å². The minimum Gasteiger partial charge on any atom is -0.326 e. The van der Waals surface area contributed by atoms with Gasteiger partial charge in [0.2, 0.25) is 5.91 Å². The average molecular weight is 305 g/mol. The first-order chi connectivity index (χ1) is 10.2. The van der Waals surface area contributed by atoms with Gasteiger partial charge in [0.25, 0.3) is 0 Å². The summed E-state index contributed by atoms with van der Waals surface area (Å²) in [6, 6.07) is 7.29. The number of aromatic nitrogens is 2. The SMILES string of the molecule is O=C(Nc1ccc(-n2cccn2)c(Cl)c1)C1CCCNC1. The number of anilines is 1. The number of rotatable bonds is 3. The molecule has 110 valence electrons. The topological polar surface area (TPSA) is 59.0 Å². The van der Waals surface area contributed by atoms with Crippen molar-refractivity contribution in [1.82, 2.24) is 15.1 Å². The molecule has 6 heteroatoms. The highest BCUT2D eigenvalue weighted by atomic mass is 35.5. The molecular formula is C15H17ClN4O. The van der Waals surface area contributed by atoms with Gasteiger partial charge >= 0.3 is 0 Å². The molecule has 1 amide bonds. The van der Waals surface area contributed by atoms with Gasteiger partial charge in [-0.1, -0.05) is 11.6 Å². The van der Waals surface area contributed by atoms with Gasteiger partial charge in [-0.15, -0.1) is 0 Å². The molecule has 21 heavy (non-hydrogen) atoms. The van der Waals surface area contributed by atoms with Crippen LogP contribution in [0.15, 0.2) is 36.7 Å². The number of benzene rings is 1. The van der Waals surface area contributed by atoms with Gasteiger partial charge in [0.05, 0.1) is 16.6 Å². The summed E-state index contributed by atoms with van der Waals surface area (Å²) >= 11 is 6.27. The van der Waals surface area contributed by atoms with Crippen molar-refractivity contribution >= 4 is 23.2 Å². The Morgan fingerprint density at radius 2 is 2.38 bits per heavy atom. The van der Waals surface area contributed by atoms with Gasteiger partial charge in [-0.05, 0) is 43.7 Å². The largest absolute Gasteiger partial charge is 0.326 e. The monoisotopic (exact) mass is 304 g/mol. The number of hydrogen-bond acceptors (Lipinski definition) is 3. The van der Waals surface area contributed by atoms with E-state index >= 15 is 0 Å². The molecule has 2 aromatic rings. The molecule has 2 N–H and O–H groups in total. The summed E-state index contributed by atoms with van der Waals surface area (Å²) in [4.78, 5) is 12.2. The highest BCUT2D eigenvalue weighted by Crippen LogP contribution is 2.24. The lowest BCUT2D eigenvalue weighted by Crippen LogP contribution is -2.37. The van der Waals surface area contributed by atoms with Gasteiger partial charge in [-0.3, -0.25) is 4.79 Å². The molecule has 5 nitrogen and oxygen atoms in total. The summed E-state index contributed by atoms with van der Waals surface area (Å²) in [6.45, 7) is 1.74. The number of carbonyl (C=O) groups excluding carboxylic acids is 1. The molecule has 1 saturated heterocycles. The minimum atomic E-state index is 0.0308. The van der Waals surface area contributed by atoms with Gasteiger partial charge in [-0.25, -0.2) is 4.68 Å². The van der Waals surface area contributed by atoms with Gasteiger partial charge in [0.15, 0.2) is 0 Å². The van der Waals surface area contributed by atoms with Crippen molar-refractivity contribution in [1.29, 1.82) is 0 Å². The molecule has 1 aromatic carbocycles. The van der Waals surface area contributed by atoms with E-state index in [4.69, 9.17) is 11.6 Å². The van der Waals surface area contributed by atoms with Crippen LogP contribution in [0.3, 0.4) is 0 Å². The van der Waals surface area contributed by atoms with Crippen molar-refractivity contribution in [2.45, 2.75) is 12.8 Å². The first-order valence-corrected chi connectivity index (χ1v) is 7.43. The summed E-state index contributed by atoms with van der Waals surface area (Å²) in [7, 11) is 0. The molecule has 1 aromatic heterocycles. The first kappa shape index (κ1) is 14.1. The van der Waals surface area contributed by atoms with Crippen molar-refractivity contribution in [3.8, 4) is 5.69 Å². The Morgan fingerprint density at radius 1 is 1.48 bits per heavy atom. The molecule has 1 unspecified atom stereocenters. The van der Waals surface area contributed by atoms with Gasteiger partial charge in [0, 0.05) is 24.6 Å². The van der Waals surface area contributed by atoms with E-state index in [0.717, 1.165) is 31.6 Å². The number of nitrogens with one attached hydrogen (secondary N) is 2. The maximum Gasteiger partial charge on any atom is 0.228 e. The summed E-state index contributed by atoms with van der Waals surface area (Å²) in [5.74, 6) is 0.0772. The second kappa shape index (κ2) is 6.28. The van der Waals surface area contributed by atoms with Gasteiger partial charge in [0.1, 0.15) is 0 Å². The Labute approximate surface area is 128 Å². The molecule has 1 fully saturated rings. The maximum atomic E-state index is 12.2. The highest BCUT2D eigenvalue weighted by Gasteiger charge is 2.21. The highest BCUT2D eigenvalue weighted by molar-refractivity contribution is 6.32. The standard InChI is InChI=1S/C15H17ClN4O/c16-13-9-12(4-5-14(13)20-8-2-7-18-20)19-15(21)11-3-1-6-17-10-11/h2,4-5,7-9,11,17H,1,3,6,10H2,(H,19,21). The van der Waals surface area contributed by atoms with Crippen LogP contribution in [0.5, 0.6) is 0 Å². The van der Waals surface area contributed by atoms with Crippen molar-refractivity contribution in [3.05, 3.63) is 41.7 Å². The summed E-state index contributed by atoms with van der Waals surface area (Å²) in [5, 5.41) is 10.9. The number of hydrogen-bond donors (Lipinski definition) is 2. The van der Waals surface area contributed by atoms with Crippen LogP contribution in [0.1, 0.15) is 12.8 Å². The molecule has 0 aliphatic carbocycles. The molecule has 3 rings (SSSR count). The lowest BCUT2D eigenvalue weighted by Gasteiger charge is -2.22. The molecule has 0 saturated carbocycles. The Hall–Kier alpha value is -1.85. The quantitative estimate of drug-likeness (QED) is 0.916. The summed E-state index contributed by atoms with van der Waals surface area (Å²) < 4.78 is 1.69. The van der Waals surface area contributed by atoms with Crippen LogP contribution < -0.4 is 10.6 Å². The third kappa shape index (κ3) is 3.25. The molecule has 1 atom stereocenters. The Kier molecular flexibility index (Phi) is 4.22. The predicted octanol–water partition coefficient (Wildman–Crippen LogP) is 2.46. The number of carbonyl (C=O) groups is 1. The van der Waals surface area contributed by atoms with E-state index in [2.05, 4.69) is 15.7 Å². The summed E-state index contributed by atoms with van der Waals surface area (Å²) in [5.41, 5.74) is 1.51. The second-order valence-corrected chi connectivity index (χ2v) is 5.56. The second-order valence-electron chi connectivity index (χ2n) is 5.15. The fraction of sp³-hybridized carbons (Fsp3) is 0.333. The number of nitrogens with zero attached hydrogens (tertiary/aromatic N) is 2. The number of amides is 1. The van der Waals surface area contributed by atoms with E-state index in [9.17, 15) is 4.79 Å². The normalized spacial score (nSPS) is 18.4. The van der Waals surface area contributed by atoms with Crippen LogP contribution in [-0.2, 0) is 4.79 Å². The van der Waals surface area contributed by atoms with E-state index in [1.807, 2.05) is 24.4 Å². The molecular weight excluding hydrogens is 288 g/mol. The van der Waals surface area contributed by atoms with E-state index < -0.39 is 0 Å². The fourth-order valence-electron chi connectivity index (χ4n) is 2.50. The van der Waals surface area contributed by atoms with E-state index in [1.165, 1.54) is 0 Å². The molecule has 1 aliphatic heterocycles. The molecule has 0 radical (unpaired) electrons. The van der Waals surface area contributed by atoms with Crippen molar-refractivity contribution in [2.24, 2.45) is 5.92 Å². The number of halogens is 1. The Morgan fingerprint density at radius 3 is 3.05 bits per heavy atom. The Bertz CT molecular complexity index is 621. The fourth-order valence-corrected chi connectivity index (χ4v) is 2.77. The van der Waals surface area contributed by atoms with Crippen LogP contribution in [0.4, 0.5) is 5.69 Å². The van der Waals surface area contributed by atoms with Gasteiger partial charge < -0.3 is 10.6 Å². The van der Waals surface area contributed by atoms with Crippen LogP contribution in [-0.4, -0.2) is 28.8 Å². The third-order valence-corrected chi connectivity index (χ3v) is 3.94. The predicted molar refractivity (Wildman–Crippen MR) is 82.8 cm³/mol. The molecule has 0 bridgehead atoms.